The van der Waals surface area contributed by atoms with E-state index in [1.807, 2.05) is 6.07 Å². The lowest BCUT2D eigenvalue weighted by molar-refractivity contribution is 0.0695. The smallest absolute Gasteiger partial charge is 0.336 e. The van der Waals surface area contributed by atoms with Crippen molar-refractivity contribution >= 4 is 11.9 Å². The number of carbonyl (C=O) groups is 1. The van der Waals surface area contributed by atoms with Crippen molar-refractivity contribution in [2.75, 3.05) is 5.73 Å². The molecule has 0 fully saturated rings. The summed E-state index contributed by atoms with van der Waals surface area (Å²) in [4.78, 5) is 23.8. The van der Waals surface area contributed by atoms with Crippen LogP contribution in [-0.2, 0) is 6.54 Å². The van der Waals surface area contributed by atoms with Crippen molar-refractivity contribution in [3.05, 3.63) is 71.7 Å². The molecule has 0 bridgehead atoms. The van der Waals surface area contributed by atoms with Gasteiger partial charge in [-0.1, -0.05) is 17.3 Å². The summed E-state index contributed by atoms with van der Waals surface area (Å²) in [7, 11) is 0. The molecule has 1 aromatic carbocycles. The average Bonchev–Trinajstić information content (AvgIpc) is 3.22. The number of aromatic nitrogens is 6. The van der Waals surface area contributed by atoms with Crippen LogP contribution in [0.3, 0.4) is 0 Å². The summed E-state index contributed by atoms with van der Waals surface area (Å²) in [6.45, 7) is 0.181. The number of hydrogen-bond acceptors (Lipinski definition) is 8. The zero-order chi connectivity index (χ0) is 21.1. The van der Waals surface area contributed by atoms with Crippen LogP contribution in [0.15, 0.2) is 55.0 Å². The maximum absolute atomic E-state index is 11.4. The molecule has 4 aromatic rings. The number of nitriles is 1. The van der Waals surface area contributed by atoms with Crippen molar-refractivity contribution in [1.29, 1.82) is 5.26 Å². The van der Waals surface area contributed by atoms with Gasteiger partial charge in [0.05, 0.1) is 41.3 Å². The number of nitrogens with zero attached hydrogens (tertiary/aromatic N) is 7. The maximum Gasteiger partial charge on any atom is 0.336 e. The molecule has 0 saturated carbocycles. The van der Waals surface area contributed by atoms with Crippen LogP contribution in [0.1, 0.15) is 21.5 Å². The van der Waals surface area contributed by atoms with Crippen molar-refractivity contribution in [2.24, 2.45) is 0 Å². The van der Waals surface area contributed by atoms with Crippen LogP contribution in [0.4, 0.5) is 5.95 Å². The first-order valence-electron chi connectivity index (χ1n) is 8.75. The van der Waals surface area contributed by atoms with Crippen LogP contribution in [0.25, 0.3) is 22.6 Å². The van der Waals surface area contributed by atoms with E-state index in [4.69, 9.17) is 11.0 Å². The van der Waals surface area contributed by atoms with Crippen molar-refractivity contribution in [2.45, 2.75) is 6.54 Å². The highest BCUT2D eigenvalue weighted by Crippen LogP contribution is 2.24. The molecule has 0 aliphatic rings. The first-order chi connectivity index (χ1) is 14.5. The van der Waals surface area contributed by atoms with Crippen LogP contribution in [0.5, 0.6) is 0 Å². The van der Waals surface area contributed by atoms with E-state index in [-0.39, 0.29) is 18.1 Å². The third-order valence-corrected chi connectivity index (χ3v) is 4.30. The highest BCUT2D eigenvalue weighted by atomic mass is 16.4. The van der Waals surface area contributed by atoms with Gasteiger partial charge in [0.1, 0.15) is 5.69 Å². The number of anilines is 1. The Labute approximate surface area is 170 Å². The van der Waals surface area contributed by atoms with Gasteiger partial charge in [0, 0.05) is 23.5 Å². The number of nitrogen functional groups attached to an aromatic ring is 1. The number of hydrogen-bond donors (Lipinski definition) is 2. The molecule has 10 heteroatoms. The fraction of sp³-hybridized carbons (Fsp3) is 0.0500. The molecule has 30 heavy (non-hydrogen) atoms. The summed E-state index contributed by atoms with van der Waals surface area (Å²) in [5.74, 6) is -0.986. The van der Waals surface area contributed by atoms with E-state index in [1.54, 1.807) is 30.5 Å². The van der Waals surface area contributed by atoms with Gasteiger partial charge < -0.3 is 10.8 Å². The molecule has 3 heterocycles. The summed E-state index contributed by atoms with van der Waals surface area (Å²) >= 11 is 0. The van der Waals surface area contributed by atoms with Crippen molar-refractivity contribution in [1.82, 2.24) is 29.9 Å². The number of pyridine rings is 1. The Balaban J connectivity index is 1.66. The number of benzene rings is 1. The maximum atomic E-state index is 11.4. The second kappa shape index (κ2) is 7.76. The number of aromatic carboxylic acids is 1. The monoisotopic (exact) mass is 398 g/mol. The summed E-state index contributed by atoms with van der Waals surface area (Å²) in [5, 5.41) is 26.6. The predicted molar refractivity (Wildman–Crippen MR) is 106 cm³/mol. The zero-order valence-corrected chi connectivity index (χ0v) is 15.5. The van der Waals surface area contributed by atoms with E-state index < -0.39 is 5.97 Å². The van der Waals surface area contributed by atoms with Gasteiger partial charge >= 0.3 is 5.97 Å². The van der Waals surface area contributed by atoms with Crippen LogP contribution < -0.4 is 5.73 Å². The van der Waals surface area contributed by atoms with Gasteiger partial charge in [0.15, 0.2) is 0 Å². The molecule has 10 nitrogen and oxygen atoms in total. The van der Waals surface area contributed by atoms with Crippen molar-refractivity contribution in [3.8, 4) is 28.7 Å². The molecule has 0 spiro atoms. The molecular formula is C20H14N8O2. The van der Waals surface area contributed by atoms with Gasteiger partial charge in [0.25, 0.3) is 0 Å². The quantitative estimate of drug-likeness (QED) is 0.513. The van der Waals surface area contributed by atoms with Gasteiger partial charge in [-0.2, -0.15) is 5.26 Å². The lowest BCUT2D eigenvalue weighted by Crippen LogP contribution is -2.08. The van der Waals surface area contributed by atoms with Gasteiger partial charge in [0.2, 0.25) is 5.95 Å². The van der Waals surface area contributed by atoms with E-state index in [0.29, 0.717) is 28.2 Å². The van der Waals surface area contributed by atoms with Gasteiger partial charge in [-0.15, -0.1) is 5.10 Å². The van der Waals surface area contributed by atoms with Crippen molar-refractivity contribution in [3.63, 3.8) is 0 Å². The molecular weight excluding hydrogens is 384 g/mol. The molecule has 0 aliphatic heterocycles. The summed E-state index contributed by atoms with van der Waals surface area (Å²) < 4.78 is 1.49. The predicted octanol–water partition coefficient (Wildman–Crippen LogP) is 2.00. The number of nitrogens with two attached hydrogens (primary N) is 1. The SMILES string of the molecule is N#Cc1cccc(-c2cc(-c3cn(Cc4cnccc4C(=O)O)nn3)nc(N)n2)c1. The normalized spacial score (nSPS) is 10.5. The second-order valence-corrected chi connectivity index (χ2v) is 6.33. The van der Waals surface area contributed by atoms with Gasteiger partial charge in [-0.3, -0.25) is 4.98 Å². The molecule has 0 atom stereocenters. The van der Waals surface area contributed by atoms with E-state index in [1.165, 1.54) is 23.1 Å². The number of carboxylic acids is 1. The Morgan fingerprint density at radius 2 is 2.00 bits per heavy atom. The van der Waals surface area contributed by atoms with Gasteiger partial charge in [-0.05, 0) is 24.3 Å². The Bertz CT molecular complexity index is 1290. The minimum Gasteiger partial charge on any atom is -0.478 e. The lowest BCUT2D eigenvalue weighted by Gasteiger charge is -2.05. The first-order valence-corrected chi connectivity index (χ1v) is 8.75. The highest BCUT2D eigenvalue weighted by molar-refractivity contribution is 5.89. The summed E-state index contributed by atoms with van der Waals surface area (Å²) in [5.41, 5.74) is 9.19. The largest absolute Gasteiger partial charge is 0.478 e. The van der Waals surface area contributed by atoms with E-state index >= 15 is 0 Å². The molecule has 3 aromatic heterocycles. The van der Waals surface area contributed by atoms with Gasteiger partial charge in [-0.25, -0.2) is 19.4 Å². The standard InChI is InChI=1S/C20H14N8O2/c21-8-12-2-1-3-13(6-12)16-7-17(25-20(22)24-16)18-11-28(27-26-18)10-14-9-23-5-4-15(14)19(29)30/h1-7,9,11H,10H2,(H,29,30)(H2,22,24,25). The number of rotatable bonds is 5. The second-order valence-electron chi connectivity index (χ2n) is 6.33. The molecule has 0 amide bonds. The fourth-order valence-electron chi connectivity index (χ4n) is 2.92. The summed E-state index contributed by atoms with van der Waals surface area (Å²) in [6, 6.07) is 12.2. The molecule has 146 valence electrons. The zero-order valence-electron chi connectivity index (χ0n) is 15.5. The minimum atomic E-state index is -1.04. The molecule has 0 radical (unpaired) electrons. The Hall–Kier alpha value is -4.65. The van der Waals surface area contributed by atoms with Crippen LogP contribution in [-0.4, -0.2) is 41.0 Å². The van der Waals surface area contributed by atoms with E-state index in [2.05, 4.69) is 31.3 Å². The molecule has 4 rings (SSSR count). The molecule has 0 aliphatic carbocycles. The van der Waals surface area contributed by atoms with E-state index in [0.717, 1.165) is 5.56 Å². The Kier molecular flexibility index (Phi) is 4.84. The number of carboxylic acid groups (broad SMARTS) is 1. The fourth-order valence-corrected chi connectivity index (χ4v) is 2.92. The molecule has 0 saturated heterocycles. The first kappa shape index (κ1) is 18.7. The minimum absolute atomic E-state index is 0.0554. The molecule has 3 N–H and O–H groups in total. The van der Waals surface area contributed by atoms with Crippen LogP contribution >= 0.6 is 0 Å². The summed E-state index contributed by atoms with van der Waals surface area (Å²) in [6.07, 6.45) is 4.54. The van der Waals surface area contributed by atoms with Crippen LogP contribution in [0, 0.1) is 11.3 Å². The average molecular weight is 398 g/mol. The highest BCUT2D eigenvalue weighted by Gasteiger charge is 2.14. The van der Waals surface area contributed by atoms with Crippen molar-refractivity contribution < 1.29 is 9.90 Å². The van der Waals surface area contributed by atoms with Crippen LogP contribution in [0.2, 0.25) is 0 Å². The lowest BCUT2D eigenvalue weighted by atomic mass is 10.1. The Morgan fingerprint density at radius 3 is 2.80 bits per heavy atom. The molecule has 0 unspecified atom stereocenters. The third kappa shape index (κ3) is 3.81. The van der Waals surface area contributed by atoms with E-state index in [9.17, 15) is 9.90 Å². The Morgan fingerprint density at radius 1 is 1.17 bits per heavy atom. The third-order valence-electron chi connectivity index (χ3n) is 4.30. The topological polar surface area (TPSA) is 156 Å².